The highest BCUT2D eigenvalue weighted by atomic mass is 16.6. The van der Waals surface area contributed by atoms with E-state index >= 15 is 0 Å². The van der Waals surface area contributed by atoms with Gasteiger partial charge < -0.3 is 9.47 Å². The van der Waals surface area contributed by atoms with E-state index in [1.165, 1.54) is 25.3 Å². The number of carbonyl (C=O) groups excluding carboxylic acids is 4. The molecular formula is C27H22N2O6. The van der Waals surface area contributed by atoms with Crippen LogP contribution in [0.1, 0.15) is 27.0 Å². The number of esters is 1. The first kappa shape index (κ1) is 23.4. The topological polar surface area (TPSA) is 102 Å². The van der Waals surface area contributed by atoms with Crippen molar-refractivity contribution in [2.24, 2.45) is 0 Å². The summed E-state index contributed by atoms with van der Waals surface area (Å²) in [6.45, 7) is 3.70. The summed E-state index contributed by atoms with van der Waals surface area (Å²) in [6.07, 6.45) is 1.35. The van der Waals surface area contributed by atoms with Crippen molar-refractivity contribution in [1.29, 1.82) is 0 Å². The first-order chi connectivity index (χ1) is 16.8. The number of anilines is 1. The number of methoxy groups -OCH3 is 1. The molecule has 176 valence electrons. The SMILES string of the molecule is COc1cc(C=C2C(=O)NC(=O)N(c3cccc(C)c3)C2=O)ccc1OC(=O)c1cccc(C)c1. The van der Waals surface area contributed by atoms with Crippen molar-refractivity contribution in [2.45, 2.75) is 13.8 Å². The number of ether oxygens (including phenoxy) is 2. The molecular weight excluding hydrogens is 448 g/mol. The third-order valence-electron chi connectivity index (χ3n) is 5.32. The van der Waals surface area contributed by atoms with Crippen LogP contribution in [0.2, 0.25) is 0 Å². The monoisotopic (exact) mass is 470 g/mol. The van der Waals surface area contributed by atoms with Crippen LogP contribution >= 0.6 is 0 Å². The molecule has 1 saturated heterocycles. The number of benzene rings is 3. The van der Waals surface area contributed by atoms with Crippen LogP contribution in [0.5, 0.6) is 11.5 Å². The Morgan fingerprint density at radius 3 is 2.29 bits per heavy atom. The van der Waals surface area contributed by atoms with Crippen molar-refractivity contribution >= 4 is 35.6 Å². The second-order valence-electron chi connectivity index (χ2n) is 7.97. The van der Waals surface area contributed by atoms with Crippen molar-refractivity contribution in [3.63, 3.8) is 0 Å². The fourth-order valence-corrected chi connectivity index (χ4v) is 3.61. The predicted octanol–water partition coefficient (Wildman–Crippen LogP) is 4.20. The first-order valence-electron chi connectivity index (χ1n) is 10.7. The van der Waals surface area contributed by atoms with Gasteiger partial charge in [-0.05, 0) is 67.4 Å². The van der Waals surface area contributed by atoms with E-state index in [-0.39, 0.29) is 17.1 Å². The number of carbonyl (C=O) groups is 4. The van der Waals surface area contributed by atoms with Crippen LogP contribution in [0.3, 0.4) is 0 Å². The Labute approximate surface area is 201 Å². The van der Waals surface area contributed by atoms with Gasteiger partial charge in [0.15, 0.2) is 11.5 Å². The highest BCUT2D eigenvalue weighted by molar-refractivity contribution is 6.39. The van der Waals surface area contributed by atoms with E-state index in [1.54, 1.807) is 42.5 Å². The van der Waals surface area contributed by atoms with Gasteiger partial charge in [-0.25, -0.2) is 14.5 Å². The molecule has 0 unspecified atom stereocenters. The first-order valence-corrected chi connectivity index (χ1v) is 10.7. The van der Waals surface area contributed by atoms with Crippen LogP contribution in [0, 0.1) is 13.8 Å². The molecule has 0 spiro atoms. The molecule has 1 aliphatic heterocycles. The Morgan fingerprint density at radius 2 is 1.60 bits per heavy atom. The second kappa shape index (κ2) is 9.64. The van der Waals surface area contributed by atoms with Crippen molar-refractivity contribution in [3.05, 3.63) is 94.6 Å². The number of nitrogens with one attached hydrogen (secondary N) is 1. The third-order valence-corrected chi connectivity index (χ3v) is 5.32. The summed E-state index contributed by atoms with van der Waals surface area (Å²) in [5.41, 5.74) is 2.73. The summed E-state index contributed by atoms with van der Waals surface area (Å²) in [4.78, 5) is 51.4. The lowest BCUT2D eigenvalue weighted by Crippen LogP contribution is -2.54. The fourth-order valence-electron chi connectivity index (χ4n) is 3.61. The van der Waals surface area contributed by atoms with Crippen LogP contribution in [-0.4, -0.2) is 30.9 Å². The molecule has 0 radical (unpaired) electrons. The number of nitrogens with zero attached hydrogens (tertiary/aromatic N) is 1. The van der Waals surface area contributed by atoms with E-state index < -0.39 is 23.8 Å². The molecule has 1 fully saturated rings. The van der Waals surface area contributed by atoms with Gasteiger partial charge in [0.25, 0.3) is 11.8 Å². The third kappa shape index (κ3) is 4.96. The Balaban J connectivity index is 1.63. The lowest BCUT2D eigenvalue weighted by Gasteiger charge is -2.26. The number of hydrogen-bond donors (Lipinski definition) is 1. The minimum absolute atomic E-state index is 0.178. The second-order valence-corrected chi connectivity index (χ2v) is 7.97. The van der Waals surface area contributed by atoms with Gasteiger partial charge in [-0.1, -0.05) is 35.9 Å². The van der Waals surface area contributed by atoms with E-state index in [0.717, 1.165) is 16.0 Å². The Bertz CT molecular complexity index is 1390. The Morgan fingerprint density at radius 1 is 0.886 bits per heavy atom. The average molecular weight is 470 g/mol. The number of barbiturate groups is 1. The molecule has 3 aromatic rings. The fraction of sp³-hybridized carbons (Fsp3) is 0.111. The molecule has 8 heteroatoms. The Hall–Kier alpha value is -4.72. The number of urea groups is 1. The van der Waals surface area contributed by atoms with Gasteiger partial charge in [-0.3, -0.25) is 14.9 Å². The smallest absolute Gasteiger partial charge is 0.343 e. The molecule has 1 heterocycles. The van der Waals surface area contributed by atoms with E-state index in [1.807, 2.05) is 26.0 Å². The van der Waals surface area contributed by atoms with Crippen LogP contribution < -0.4 is 19.7 Å². The zero-order valence-electron chi connectivity index (χ0n) is 19.3. The zero-order valence-corrected chi connectivity index (χ0v) is 19.3. The van der Waals surface area contributed by atoms with Crippen molar-refractivity contribution < 1.29 is 28.7 Å². The maximum atomic E-state index is 13.1. The van der Waals surface area contributed by atoms with E-state index in [2.05, 4.69) is 5.32 Å². The molecule has 0 aliphatic carbocycles. The lowest BCUT2D eigenvalue weighted by atomic mass is 10.1. The number of aryl methyl sites for hydroxylation is 2. The van der Waals surface area contributed by atoms with E-state index in [4.69, 9.17) is 9.47 Å². The lowest BCUT2D eigenvalue weighted by molar-refractivity contribution is -0.122. The van der Waals surface area contributed by atoms with Gasteiger partial charge in [-0.2, -0.15) is 0 Å². The van der Waals surface area contributed by atoms with Crippen LogP contribution in [0.25, 0.3) is 6.08 Å². The van der Waals surface area contributed by atoms with Gasteiger partial charge in [0.1, 0.15) is 5.57 Å². The molecule has 35 heavy (non-hydrogen) atoms. The molecule has 0 bridgehead atoms. The largest absolute Gasteiger partial charge is 0.493 e. The number of amides is 4. The maximum Gasteiger partial charge on any atom is 0.343 e. The van der Waals surface area contributed by atoms with Gasteiger partial charge in [0.2, 0.25) is 0 Å². The average Bonchev–Trinajstić information content (AvgIpc) is 2.82. The molecule has 0 saturated carbocycles. The van der Waals surface area contributed by atoms with Crippen LogP contribution in [0.15, 0.2) is 72.3 Å². The molecule has 4 amide bonds. The number of hydrogen-bond acceptors (Lipinski definition) is 6. The van der Waals surface area contributed by atoms with Crippen molar-refractivity contribution in [1.82, 2.24) is 5.32 Å². The minimum atomic E-state index is -0.821. The molecule has 1 aliphatic rings. The van der Waals surface area contributed by atoms with Crippen LogP contribution in [0.4, 0.5) is 10.5 Å². The summed E-state index contributed by atoms with van der Waals surface area (Å²) in [6, 6.07) is 17.6. The number of rotatable bonds is 5. The Kier molecular flexibility index (Phi) is 6.46. The van der Waals surface area contributed by atoms with Gasteiger partial charge >= 0.3 is 12.0 Å². The molecule has 0 atom stereocenters. The van der Waals surface area contributed by atoms with Crippen molar-refractivity contribution in [3.8, 4) is 11.5 Å². The minimum Gasteiger partial charge on any atom is -0.493 e. The molecule has 8 nitrogen and oxygen atoms in total. The summed E-state index contributed by atoms with van der Waals surface area (Å²) in [7, 11) is 1.41. The highest BCUT2D eigenvalue weighted by Gasteiger charge is 2.36. The molecule has 1 N–H and O–H groups in total. The maximum absolute atomic E-state index is 13.1. The van der Waals surface area contributed by atoms with Crippen LogP contribution in [-0.2, 0) is 9.59 Å². The summed E-state index contributed by atoms with van der Waals surface area (Å²) < 4.78 is 10.8. The highest BCUT2D eigenvalue weighted by Crippen LogP contribution is 2.30. The molecule has 0 aromatic heterocycles. The van der Waals surface area contributed by atoms with E-state index in [9.17, 15) is 19.2 Å². The van der Waals surface area contributed by atoms with E-state index in [0.29, 0.717) is 16.8 Å². The standard InChI is InChI=1S/C27H22N2O6/c1-16-6-4-8-19(12-16)26(32)35-22-11-10-18(15-23(22)34-3)14-21-24(30)28-27(33)29(25(21)31)20-9-5-7-17(2)13-20/h4-15H,1-3H3,(H,28,30,33). The number of imide groups is 2. The summed E-state index contributed by atoms with van der Waals surface area (Å²) in [5.74, 6) is -1.70. The summed E-state index contributed by atoms with van der Waals surface area (Å²) >= 11 is 0. The van der Waals surface area contributed by atoms with Gasteiger partial charge in [0.05, 0.1) is 18.4 Å². The van der Waals surface area contributed by atoms with Gasteiger partial charge in [0, 0.05) is 0 Å². The van der Waals surface area contributed by atoms with Crippen molar-refractivity contribution in [2.75, 3.05) is 12.0 Å². The molecule has 3 aromatic carbocycles. The summed E-state index contributed by atoms with van der Waals surface area (Å²) in [5, 5.41) is 2.20. The predicted molar refractivity (Wildman–Crippen MR) is 129 cm³/mol. The normalized spacial score (nSPS) is 14.7. The zero-order chi connectivity index (χ0) is 25.1. The van der Waals surface area contributed by atoms with Gasteiger partial charge in [-0.15, -0.1) is 0 Å². The molecule has 4 rings (SSSR count). The quantitative estimate of drug-likeness (QED) is 0.260.